The molecule has 0 radical (unpaired) electrons. The van der Waals surface area contributed by atoms with Crippen LogP contribution in [-0.4, -0.2) is 54.8 Å². The van der Waals surface area contributed by atoms with E-state index in [0.717, 1.165) is 42.6 Å². The molecule has 1 saturated carbocycles. The highest BCUT2D eigenvalue weighted by atomic mass is 16.5. The van der Waals surface area contributed by atoms with Crippen molar-refractivity contribution in [1.82, 2.24) is 19.6 Å². The fourth-order valence-electron chi connectivity index (χ4n) is 6.03. The summed E-state index contributed by atoms with van der Waals surface area (Å²) < 4.78 is 13.1. The lowest BCUT2D eigenvalue weighted by molar-refractivity contribution is -0.152. The summed E-state index contributed by atoms with van der Waals surface area (Å²) in [7, 11) is 1.50. The Labute approximate surface area is 226 Å². The van der Waals surface area contributed by atoms with Gasteiger partial charge in [0.1, 0.15) is 23.4 Å². The maximum Gasteiger partial charge on any atom is 0.338 e. The molecule has 0 spiro atoms. The number of ketones is 1. The summed E-state index contributed by atoms with van der Waals surface area (Å²) in [6, 6.07) is 4.96. The first-order chi connectivity index (χ1) is 18.7. The third-order valence-electron chi connectivity index (χ3n) is 7.91. The van der Waals surface area contributed by atoms with Gasteiger partial charge in [-0.25, -0.2) is 14.3 Å². The molecular weight excluding hydrogens is 500 g/mol. The van der Waals surface area contributed by atoms with Crippen LogP contribution in [0.25, 0.3) is 5.78 Å². The number of aryl methyl sites for hydroxylation is 3. The molecule has 10 heteroatoms. The minimum Gasteiger partial charge on any atom is -0.511 e. The molecule has 1 aliphatic carbocycles. The summed E-state index contributed by atoms with van der Waals surface area (Å²) in [4.78, 5) is 34.1. The number of aliphatic hydroxyl groups excluding tert-OH is 1. The van der Waals surface area contributed by atoms with Gasteiger partial charge >= 0.3 is 5.97 Å². The molecule has 1 aromatic carbocycles. The molecule has 2 aromatic heterocycles. The third-order valence-corrected chi connectivity index (χ3v) is 7.91. The van der Waals surface area contributed by atoms with E-state index in [1.807, 2.05) is 19.9 Å². The van der Waals surface area contributed by atoms with Crippen LogP contribution in [0.3, 0.4) is 0 Å². The Balaban J connectivity index is 1.44. The molecule has 10 nitrogen and oxygen atoms in total. The predicted octanol–water partition coefficient (Wildman–Crippen LogP) is 4.38. The Morgan fingerprint density at radius 1 is 1.15 bits per heavy atom. The van der Waals surface area contributed by atoms with Gasteiger partial charge < -0.3 is 19.7 Å². The summed E-state index contributed by atoms with van der Waals surface area (Å²) in [5.41, 5.74) is 2.83. The number of phenols is 1. The monoisotopic (exact) mass is 534 g/mol. The van der Waals surface area contributed by atoms with Gasteiger partial charge in [0.05, 0.1) is 24.2 Å². The van der Waals surface area contributed by atoms with Crippen LogP contribution in [-0.2, 0) is 22.4 Å². The Bertz CT molecular complexity index is 1470. The average molecular weight is 535 g/mol. The van der Waals surface area contributed by atoms with Gasteiger partial charge in [0.25, 0.3) is 5.78 Å². The molecule has 3 heterocycles. The highest BCUT2D eigenvalue weighted by Gasteiger charge is 2.43. The highest BCUT2D eigenvalue weighted by molar-refractivity contribution is 5.97. The number of cyclic esters (lactones) is 1. The van der Waals surface area contributed by atoms with Gasteiger partial charge in [-0.05, 0) is 70.1 Å². The van der Waals surface area contributed by atoms with E-state index >= 15 is 0 Å². The number of benzene rings is 1. The molecule has 206 valence electrons. The second-order valence-corrected chi connectivity index (χ2v) is 10.6. The molecule has 2 aliphatic rings. The number of aromatic nitrogens is 4. The smallest absolute Gasteiger partial charge is 0.338 e. The van der Waals surface area contributed by atoms with Crippen LogP contribution in [0.2, 0.25) is 0 Å². The number of aliphatic hydroxyl groups is 1. The third kappa shape index (κ3) is 5.20. The van der Waals surface area contributed by atoms with Gasteiger partial charge in [0.15, 0.2) is 11.6 Å². The van der Waals surface area contributed by atoms with E-state index < -0.39 is 12.1 Å². The number of ether oxygens (including phenoxy) is 2. The van der Waals surface area contributed by atoms with Gasteiger partial charge in [-0.15, -0.1) is 5.10 Å². The summed E-state index contributed by atoms with van der Waals surface area (Å²) in [5, 5.41) is 26.2. The molecule has 0 bridgehead atoms. The number of aromatic hydroxyl groups is 1. The summed E-state index contributed by atoms with van der Waals surface area (Å²) in [5.74, 6) is 0.239. The van der Waals surface area contributed by atoms with Gasteiger partial charge in [-0.2, -0.15) is 4.98 Å². The zero-order chi connectivity index (χ0) is 27.8. The SMILES string of the molecule is COc1cc(O)c(C(C)=O)cc1CCC1OC(=O)C(Cc2nc3nc(C)cc(C)n3n2)=C(O)C1C1CCCC1. The number of carbonyl (C=O) groups excluding carboxylic acids is 2. The summed E-state index contributed by atoms with van der Waals surface area (Å²) in [6.45, 7) is 5.19. The Hall–Kier alpha value is -3.95. The number of hydrogen-bond donors (Lipinski definition) is 2. The normalized spacial score (nSPS) is 20.1. The van der Waals surface area contributed by atoms with Crippen molar-refractivity contribution in [2.45, 2.75) is 71.8 Å². The molecule has 1 fully saturated rings. The molecule has 0 amide bonds. The molecule has 39 heavy (non-hydrogen) atoms. The number of esters is 1. The number of fused-ring (bicyclic) bond motifs is 1. The summed E-state index contributed by atoms with van der Waals surface area (Å²) >= 11 is 0. The number of carbonyl (C=O) groups is 2. The molecular formula is C29H34N4O6. The number of phenolic OH excluding ortho intramolecular Hbond substituents is 1. The van der Waals surface area contributed by atoms with Gasteiger partial charge in [0.2, 0.25) is 0 Å². The van der Waals surface area contributed by atoms with Crippen LogP contribution in [0.1, 0.15) is 72.2 Å². The van der Waals surface area contributed by atoms with Crippen molar-refractivity contribution in [2.75, 3.05) is 7.11 Å². The van der Waals surface area contributed by atoms with E-state index in [2.05, 4.69) is 15.1 Å². The maximum atomic E-state index is 13.2. The van der Waals surface area contributed by atoms with E-state index in [1.54, 1.807) is 10.6 Å². The van der Waals surface area contributed by atoms with Crippen molar-refractivity contribution in [3.05, 3.63) is 57.9 Å². The number of methoxy groups -OCH3 is 1. The van der Waals surface area contributed by atoms with Crippen LogP contribution in [0.5, 0.6) is 11.5 Å². The van der Waals surface area contributed by atoms with Crippen molar-refractivity contribution in [1.29, 1.82) is 0 Å². The molecule has 1 aliphatic heterocycles. The fraction of sp³-hybridized carbons (Fsp3) is 0.483. The van der Waals surface area contributed by atoms with Crippen LogP contribution in [0, 0.1) is 25.7 Å². The van der Waals surface area contributed by atoms with Gasteiger partial charge in [-0.3, -0.25) is 4.79 Å². The van der Waals surface area contributed by atoms with Crippen molar-refractivity contribution >= 4 is 17.5 Å². The van der Waals surface area contributed by atoms with Crippen LogP contribution >= 0.6 is 0 Å². The Morgan fingerprint density at radius 2 is 1.90 bits per heavy atom. The van der Waals surface area contributed by atoms with Crippen LogP contribution < -0.4 is 4.74 Å². The van der Waals surface area contributed by atoms with E-state index in [9.17, 15) is 19.8 Å². The first kappa shape index (κ1) is 26.6. The standard InChI is InChI=1S/C29H34N4O6/c1-15-11-16(2)33-29(30-15)31-25(32-33)13-21-27(36)26(18-7-5-6-8-18)23(39-28(21)37)10-9-19-12-20(17(3)34)22(35)14-24(19)38-4/h11-12,14,18,23,26,35-36H,5-10,13H2,1-4H3. The first-order valence-electron chi connectivity index (χ1n) is 13.4. The van der Waals surface area contributed by atoms with E-state index in [0.29, 0.717) is 30.2 Å². The van der Waals surface area contributed by atoms with Crippen molar-refractivity contribution < 1.29 is 29.3 Å². The maximum absolute atomic E-state index is 13.2. The number of rotatable bonds is 8. The van der Waals surface area contributed by atoms with Gasteiger partial charge in [0, 0.05) is 23.9 Å². The number of nitrogens with zero attached hydrogens (tertiary/aromatic N) is 4. The molecule has 2 N–H and O–H groups in total. The van der Waals surface area contributed by atoms with Crippen LogP contribution in [0.4, 0.5) is 0 Å². The van der Waals surface area contributed by atoms with E-state index in [1.165, 1.54) is 20.1 Å². The average Bonchev–Trinajstić information content (AvgIpc) is 3.55. The van der Waals surface area contributed by atoms with E-state index in [-0.39, 0.29) is 46.7 Å². The highest BCUT2D eigenvalue weighted by Crippen LogP contribution is 2.42. The van der Waals surface area contributed by atoms with Crippen molar-refractivity contribution in [3.8, 4) is 11.5 Å². The fourth-order valence-corrected chi connectivity index (χ4v) is 6.03. The molecule has 2 unspecified atom stereocenters. The second-order valence-electron chi connectivity index (χ2n) is 10.6. The molecule has 5 rings (SSSR count). The van der Waals surface area contributed by atoms with Crippen molar-refractivity contribution in [2.24, 2.45) is 11.8 Å². The Kier molecular flexibility index (Phi) is 7.29. The molecule has 2 atom stereocenters. The lowest BCUT2D eigenvalue weighted by Gasteiger charge is -2.36. The Morgan fingerprint density at radius 3 is 2.59 bits per heavy atom. The minimum atomic E-state index is -0.575. The number of Topliss-reactive ketones (excluding diaryl/α,β-unsaturated/α-hetero) is 1. The van der Waals surface area contributed by atoms with Crippen molar-refractivity contribution in [3.63, 3.8) is 0 Å². The minimum absolute atomic E-state index is 0.0518. The largest absolute Gasteiger partial charge is 0.511 e. The summed E-state index contributed by atoms with van der Waals surface area (Å²) in [6.07, 6.45) is 4.40. The first-order valence-corrected chi connectivity index (χ1v) is 13.4. The van der Waals surface area contributed by atoms with E-state index in [4.69, 9.17) is 9.47 Å². The zero-order valence-electron chi connectivity index (χ0n) is 22.7. The quantitative estimate of drug-likeness (QED) is 0.319. The molecule has 0 saturated heterocycles. The zero-order valence-corrected chi connectivity index (χ0v) is 22.7. The molecule has 3 aromatic rings. The lowest BCUT2D eigenvalue weighted by atomic mass is 9.79. The predicted molar refractivity (Wildman–Crippen MR) is 142 cm³/mol. The lowest BCUT2D eigenvalue weighted by Crippen LogP contribution is -2.39. The van der Waals surface area contributed by atoms with Gasteiger partial charge in [-0.1, -0.05) is 12.8 Å². The second kappa shape index (κ2) is 10.7. The number of hydrogen-bond acceptors (Lipinski definition) is 9. The topological polar surface area (TPSA) is 136 Å². The van der Waals surface area contributed by atoms with Crippen LogP contribution in [0.15, 0.2) is 29.5 Å².